The van der Waals surface area contributed by atoms with Crippen LogP contribution in [-0.2, 0) is 20.7 Å². The van der Waals surface area contributed by atoms with E-state index in [9.17, 15) is 4.79 Å². The molecule has 5 nitrogen and oxygen atoms in total. The topological polar surface area (TPSA) is 60.4 Å². The summed E-state index contributed by atoms with van der Waals surface area (Å²) < 4.78 is 11.3. The molecule has 3 unspecified atom stereocenters. The molecule has 1 aromatic carbocycles. The number of oxime groups is 1. The molecule has 1 fully saturated rings. The lowest BCUT2D eigenvalue weighted by atomic mass is 9.94. The van der Waals surface area contributed by atoms with Crippen molar-refractivity contribution in [3.8, 4) is 0 Å². The van der Waals surface area contributed by atoms with Gasteiger partial charge in [0.05, 0.1) is 17.4 Å². The van der Waals surface area contributed by atoms with Crippen molar-refractivity contribution in [1.82, 2.24) is 0 Å². The van der Waals surface area contributed by atoms with Crippen molar-refractivity contribution in [2.45, 2.75) is 51.9 Å². The van der Waals surface area contributed by atoms with Gasteiger partial charge in [-0.15, -0.1) is 0 Å². The number of nitrogens with zero attached hydrogens (tertiary/aromatic N) is 1. The molecule has 2 heterocycles. The van der Waals surface area contributed by atoms with Crippen LogP contribution in [0.3, 0.4) is 0 Å². The first-order valence-electron chi connectivity index (χ1n) is 9.00. The molecule has 0 saturated carbocycles. The Hall–Kier alpha value is -2.11. The molecule has 0 radical (unpaired) electrons. The maximum absolute atomic E-state index is 12.9. The van der Waals surface area contributed by atoms with E-state index in [1.54, 1.807) is 0 Å². The van der Waals surface area contributed by atoms with Gasteiger partial charge in [-0.05, 0) is 43.5 Å². The van der Waals surface area contributed by atoms with Crippen LogP contribution >= 0.6 is 11.6 Å². The molecule has 2 aliphatic heterocycles. The molecule has 0 aliphatic carbocycles. The number of hydrogen-bond acceptors (Lipinski definition) is 5. The number of esters is 1. The van der Waals surface area contributed by atoms with Crippen molar-refractivity contribution in [1.29, 1.82) is 0 Å². The minimum Gasteiger partial charge on any atom is -0.459 e. The number of halogens is 1. The summed E-state index contributed by atoms with van der Waals surface area (Å²) in [7, 11) is 1.49. The van der Waals surface area contributed by atoms with E-state index in [0.717, 1.165) is 11.1 Å². The Kier molecular flexibility index (Phi) is 6.02. The van der Waals surface area contributed by atoms with Gasteiger partial charge in [0.25, 0.3) is 0 Å². The largest absolute Gasteiger partial charge is 0.459 e. The highest BCUT2D eigenvalue weighted by molar-refractivity contribution is 6.33. The van der Waals surface area contributed by atoms with Gasteiger partial charge in [-0.1, -0.05) is 41.1 Å². The number of cyclic esters (lactones) is 1. The molecule has 6 heteroatoms. The van der Waals surface area contributed by atoms with Crippen molar-refractivity contribution in [2.75, 3.05) is 7.11 Å². The lowest BCUT2D eigenvalue weighted by Crippen LogP contribution is -2.20. The third kappa shape index (κ3) is 4.60. The number of rotatable bonds is 1. The standard InChI is InChI=1S/C21H24ClNO4/c1-12-9-13(2)20(22)16-11-15(23-25-4)7-5-6-8-17-18(27-17)10-14(3)26-21(24)19(12)16/h5-9,14,17-18H,10-11H2,1-4H3/b7-5+,8-6-,23-15?. The molecule has 3 atom stereocenters. The summed E-state index contributed by atoms with van der Waals surface area (Å²) in [6, 6.07) is 1.90. The predicted molar refractivity (Wildman–Crippen MR) is 106 cm³/mol. The molecule has 144 valence electrons. The molecule has 0 bridgehead atoms. The monoisotopic (exact) mass is 389 g/mol. The highest BCUT2D eigenvalue weighted by atomic mass is 35.5. The molecular formula is C21H24ClNO4. The number of epoxide rings is 1. The van der Waals surface area contributed by atoms with E-state index < -0.39 is 0 Å². The number of carbonyl (C=O) groups is 1. The van der Waals surface area contributed by atoms with Gasteiger partial charge in [0.15, 0.2) is 0 Å². The molecule has 0 aromatic heterocycles. The maximum atomic E-state index is 12.9. The normalized spacial score (nSPS) is 29.1. The highest BCUT2D eigenvalue weighted by Gasteiger charge is 2.38. The van der Waals surface area contributed by atoms with E-state index in [1.165, 1.54) is 7.11 Å². The van der Waals surface area contributed by atoms with Crippen LogP contribution in [0.4, 0.5) is 0 Å². The third-order valence-corrected chi connectivity index (χ3v) is 5.23. The molecular weight excluding hydrogens is 366 g/mol. The first-order valence-corrected chi connectivity index (χ1v) is 9.38. The number of ether oxygens (including phenoxy) is 2. The van der Waals surface area contributed by atoms with Gasteiger partial charge in [-0.2, -0.15) is 0 Å². The molecule has 1 aromatic rings. The molecule has 0 amide bonds. The Labute approximate surface area is 164 Å². The summed E-state index contributed by atoms with van der Waals surface area (Å²) in [5, 5.41) is 4.62. The zero-order valence-electron chi connectivity index (χ0n) is 16.0. The van der Waals surface area contributed by atoms with Crippen molar-refractivity contribution < 1.29 is 19.1 Å². The summed E-state index contributed by atoms with van der Waals surface area (Å²) >= 11 is 6.57. The van der Waals surface area contributed by atoms with Crippen molar-refractivity contribution in [2.24, 2.45) is 5.16 Å². The Morgan fingerprint density at radius 2 is 2.04 bits per heavy atom. The average Bonchev–Trinajstić information content (AvgIpc) is 3.32. The van der Waals surface area contributed by atoms with E-state index in [2.05, 4.69) is 5.16 Å². The van der Waals surface area contributed by atoms with Crippen LogP contribution in [0.15, 0.2) is 35.5 Å². The van der Waals surface area contributed by atoms with E-state index in [1.807, 2.05) is 51.1 Å². The zero-order valence-corrected chi connectivity index (χ0v) is 16.7. The number of aryl methyl sites for hydroxylation is 2. The second-order valence-corrected chi connectivity index (χ2v) is 7.33. The first-order chi connectivity index (χ1) is 12.9. The Morgan fingerprint density at radius 3 is 2.78 bits per heavy atom. The van der Waals surface area contributed by atoms with Gasteiger partial charge in [-0.3, -0.25) is 0 Å². The molecule has 0 spiro atoms. The van der Waals surface area contributed by atoms with Gasteiger partial charge in [0.2, 0.25) is 0 Å². The van der Waals surface area contributed by atoms with Gasteiger partial charge in [-0.25, -0.2) is 4.79 Å². The SMILES string of the molecule is CON=C1/C=C/C=C\C2OC2CC(C)OC(=O)c2c(C)cc(C)c(Cl)c2C1. The molecule has 0 N–H and O–H groups in total. The van der Waals surface area contributed by atoms with Crippen LogP contribution in [0, 0.1) is 13.8 Å². The Bertz CT molecular complexity index is 828. The van der Waals surface area contributed by atoms with E-state index in [-0.39, 0.29) is 24.3 Å². The van der Waals surface area contributed by atoms with E-state index in [4.69, 9.17) is 25.9 Å². The van der Waals surface area contributed by atoms with Crippen LogP contribution in [-0.4, -0.2) is 37.1 Å². The van der Waals surface area contributed by atoms with Crippen molar-refractivity contribution in [3.05, 3.63) is 57.6 Å². The molecule has 27 heavy (non-hydrogen) atoms. The van der Waals surface area contributed by atoms with Gasteiger partial charge >= 0.3 is 5.97 Å². The fraction of sp³-hybridized carbons (Fsp3) is 0.429. The minimum absolute atomic E-state index is 0.0627. The van der Waals surface area contributed by atoms with E-state index in [0.29, 0.717) is 34.7 Å². The van der Waals surface area contributed by atoms with Crippen LogP contribution < -0.4 is 0 Å². The van der Waals surface area contributed by atoms with Crippen LogP contribution in [0.2, 0.25) is 5.02 Å². The number of carbonyl (C=O) groups excluding carboxylic acids is 1. The lowest BCUT2D eigenvalue weighted by molar-refractivity contribution is 0.0308. The molecule has 3 rings (SSSR count). The van der Waals surface area contributed by atoms with Crippen molar-refractivity contribution >= 4 is 23.3 Å². The summed E-state index contributed by atoms with van der Waals surface area (Å²) in [5.74, 6) is -0.373. The summed E-state index contributed by atoms with van der Waals surface area (Å²) in [5.41, 5.74) is 3.59. The Morgan fingerprint density at radius 1 is 1.26 bits per heavy atom. The number of hydrogen-bond donors (Lipinski definition) is 0. The third-order valence-electron chi connectivity index (χ3n) is 4.71. The average molecular weight is 390 g/mol. The first kappa shape index (κ1) is 19.6. The minimum atomic E-state index is -0.373. The highest BCUT2D eigenvalue weighted by Crippen LogP contribution is 2.32. The second kappa shape index (κ2) is 8.28. The quantitative estimate of drug-likeness (QED) is 0.407. The lowest BCUT2D eigenvalue weighted by Gasteiger charge is -2.18. The fourth-order valence-corrected chi connectivity index (χ4v) is 3.60. The molecule has 1 saturated heterocycles. The Balaban J connectivity index is 2.06. The summed E-state index contributed by atoms with van der Waals surface area (Å²) in [4.78, 5) is 17.9. The number of fused-ring (bicyclic) bond motifs is 2. The van der Waals surface area contributed by atoms with Crippen molar-refractivity contribution in [3.63, 3.8) is 0 Å². The number of allylic oxidation sites excluding steroid dienone is 3. The van der Waals surface area contributed by atoms with Gasteiger partial charge < -0.3 is 14.3 Å². The van der Waals surface area contributed by atoms with E-state index >= 15 is 0 Å². The van der Waals surface area contributed by atoms with Gasteiger partial charge in [0.1, 0.15) is 19.3 Å². The smallest absolute Gasteiger partial charge is 0.339 e. The van der Waals surface area contributed by atoms with Crippen LogP contribution in [0.25, 0.3) is 0 Å². The number of benzene rings is 1. The second-order valence-electron chi connectivity index (χ2n) is 6.95. The molecule has 2 aliphatic rings. The van der Waals surface area contributed by atoms with Crippen LogP contribution in [0.1, 0.15) is 40.4 Å². The zero-order chi connectivity index (χ0) is 19.6. The van der Waals surface area contributed by atoms with Gasteiger partial charge in [0, 0.05) is 17.9 Å². The predicted octanol–water partition coefficient (Wildman–Crippen LogP) is 4.33. The summed E-state index contributed by atoms with van der Waals surface area (Å²) in [6.07, 6.45) is 8.56. The fourth-order valence-electron chi connectivity index (χ4n) is 3.39. The summed E-state index contributed by atoms with van der Waals surface area (Å²) in [6.45, 7) is 5.70. The maximum Gasteiger partial charge on any atom is 0.339 e. The van der Waals surface area contributed by atoms with Crippen LogP contribution in [0.5, 0.6) is 0 Å².